The van der Waals surface area contributed by atoms with Gasteiger partial charge in [0, 0.05) is 22.5 Å². The maximum Gasteiger partial charge on any atom is 0.0465 e. The van der Waals surface area contributed by atoms with E-state index in [2.05, 4.69) is 255 Å². The van der Waals surface area contributed by atoms with Gasteiger partial charge in [-0.15, -0.1) is 0 Å². The van der Waals surface area contributed by atoms with E-state index in [1.54, 1.807) is 0 Å². The largest absolute Gasteiger partial charge is 0.310 e. The summed E-state index contributed by atoms with van der Waals surface area (Å²) >= 11 is 0. The van der Waals surface area contributed by atoms with Crippen molar-refractivity contribution in [2.45, 2.75) is 19.3 Å². The van der Waals surface area contributed by atoms with E-state index in [0.29, 0.717) is 0 Å². The van der Waals surface area contributed by atoms with E-state index >= 15 is 0 Å². The van der Waals surface area contributed by atoms with Crippen LogP contribution in [0.25, 0.3) is 77.5 Å². The minimum Gasteiger partial charge on any atom is -0.310 e. The van der Waals surface area contributed by atoms with Crippen molar-refractivity contribution in [2.24, 2.45) is 0 Å². The fourth-order valence-corrected chi connectivity index (χ4v) is 9.73. The SMILES string of the molecule is CC1(C)c2cc(N(c3ccc(-c4ccccc4)cc3)c3ccc(-c4cc5ccccc5cc4-c4ccccc4)cc3)ccc2-c2c(-c3ccccc3-c3ccccc3)cccc21. The molecule has 10 aromatic rings. The second-order valence-corrected chi connectivity index (χ2v) is 16.9. The summed E-state index contributed by atoms with van der Waals surface area (Å²) in [4.78, 5) is 2.42. The maximum absolute atomic E-state index is 2.44. The van der Waals surface area contributed by atoms with Gasteiger partial charge in [-0.05, 0) is 137 Å². The highest BCUT2D eigenvalue weighted by molar-refractivity contribution is 5.99. The van der Waals surface area contributed by atoms with Crippen molar-refractivity contribution in [3.63, 3.8) is 0 Å². The Labute approximate surface area is 364 Å². The quantitative estimate of drug-likeness (QED) is 0.148. The molecule has 10 aromatic carbocycles. The zero-order valence-electron chi connectivity index (χ0n) is 35.0. The molecule has 1 aliphatic carbocycles. The van der Waals surface area contributed by atoms with Crippen molar-refractivity contribution < 1.29 is 0 Å². The van der Waals surface area contributed by atoms with Gasteiger partial charge in [-0.25, -0.2) is 0 Å². The highest BCUT2D eigenvalue weighted by Gasteiger charge is 2.38. The van der Waals surface area contributed by atoms with Crippen LogP contribution in [0.3, 0.4) is 0 Å². The van der Waals surface area contributed by atoms with E-state index in [1.165, 1.54) is 88.7 Å². The summed E-state index contributed by atoms with van der Waals surface area (Å²) in [5.74, 6) is 0. The third-order valence-corrected chi connectivity index (χ3v) is 12.9. The molecule has 0 heterocycles. The van der Waals surface area contributed by atoms with Crippen LogP contribution >= 0.6 is 0 Å². The van der Waals surface area contributed by atoms with Gasteiger partial charge in [0.1, 0.15) is 0 Å². The first-order valence-corrected chi connectivity index (χ1v) is 21.6. The van der Waals surface area contributed by atoms with Crippen LogP contribution in [-0.4, -0.2) is 0 Å². The predicted octanol–water partition coefficient (Wildman–Crippen LogP) is 17.0. The summed E-state index contributed by atoms with van der Waals surface area (Å²) in [6, 6.07) is 86.5. The van der Waals surface area contributed by atoms with Gasteiger partial charge in [0.05, 0.1) is 0 Å². The fourth-order valence-electron chi connectivity index (χ4n) is 9.73. The van der Waals surface area contributed by atoms with Gasteiger partial charge in [-0.3, -0.25) is 0 Å². The summed E-state index contributed by atoms with van der Waals surface area (Å²) in [6.45, 7) is 4.77. The van der Waals surface area contributed by atoms with Gasteiger partial charge in [0.15, 0.2) is 0 Å². The average Bonchev–Trinajstić information content (AvgIpc) is 3.57. The van der Waals surface area contributed by atoms with E-state index in [0.717, 1.165) is 17.1 Å². The molecule has 0 radical (unpaired) electrons. The van der Waals surface area contributed by atoms with Gasteiger partial charge >= 0.3 is 0 Å². The number of rotatable bonds is 8. The predicted molar refractivity (Wildman–Crippen MR) is 263 cm³/mol. The first-order valence-electron chi connectivity index (χ1n) is 21.6. The molecule has 0 atom stereocenters. The Morgan fingerprint density at radius 2 is 0.710 bits per heavy atom. The maximum atomic E-state index is 2.44. The van der Waals surface area contributed by atoms with Gasteiger partial charge in [0.2, 0.25) is 0 Å². The number of benzene rings is 10. The standard InChI is InChI=1S/C61H45N/c1-61(2)58-28-16-27-54(53-26-15-14-25-52(53)44-19-8-4-9-20-44)60(58)55-38-37-51(41-59(55)61)62(49-33-29-43(30-34-49)42-17-6-3-7-18-42)50-35-31-46(32-36-50)57-40-48-24-13-12-23-47(48)39-56(57)45-21-10-5-11-22-45/h3-41H,1-2H3. The number of nitrogens with zero attached hydrogens (tertiary/aromatic N) is 1. The van der Waals surface area contributed by atoms with Crippen LogP contribution in [0.5, 0.6) is 0 Å². The Bertz CT molecular complexity index is 3220. The summed E-state index contributed by atoms with van der Waals surface area (Å²) in [5, 5.41) is 2.48. The lowest BCUT2D eigenvalue weighted by atomic mass is 9.81. The van der Waals surface area contributed by atoms with Crippen LogP contribution in [0, 0.1) is 0 Å². The van der Waals surface area contributed by atoms with Crippen molar-refractivity contribution in [2.75, 3.05) is 4.90 Å². The first-order chi connectivity index (χ1) is 30.5. The highest BCUT2D eigenvalue weighted by Crippen LogP contribution is 2.54. The Hall–Kier alpha value is -7.74. The smallest absolute Gasteiger partial charge is 0.0465 e. The van der Waals surface area contributed by atoms with Crippen molar-refractivity contribution in [3.05, 3.63) is 248 Å². The molecule has 62 heavy (non-hydrogen) atoms. The zero-order chi connectivity index (χ0) is 41.6. The molecule has 0 amide bonds. The third-order valence-electron chi connectivity index (χ3n) is 12.9. The van der Waals surface area contributed by atoms with Crippen LogP contribution < -0.4 is 4.90 Å². The molecule has 0 bridgehead atoms. The summed E-state index contributed by atoms with van der Waals surface area (Å²) in [5.41, 5.74) is 20.7. The number of anilines is 3. The minimum atomic E-state index is -0.213. The molecule has 0 fully saturated rings. The van der Waals surface area contributed by atoms with Crippen LogP contribution in [0.2, 0.25) is 0 Å². The molecule has 1 heteroatoms. The van der Waals surface area contributed by atoms with E-state index in [-0.39, 0.29) is 5.41 Å². The number of hydrogen-bond acceptors (Lipinski definition) is 1. The zero-order valence-corrected chi connectivity index (χ0v) is 35.0. The summed E-state index contributed by atoms with van der Waals surface area (Å²) in [7, 11) is 0. The Morgan fingerprint density at radius 3 is 1.31 bits per heavy atom. The molecule has 0 spiro atoms. The molecule has 1 aliphatic rings. The minimum absolute atomic E-state index is 0.213. The fraction of sp³-hybridized carbons (Fsp3) is 0.0492. The number of fused-ring (bicyclic) bond motifs is 4. The lowest BCUT2D eigenvalue weighted by molar-refractivity contribution is 0.660. The molecule has 0 N–H and O–H groups in total. The summed E-state index contributed by atoms with van der Waals surface area (Å²) < 4.78 is 0. The normalized spacial score (nSPS) is 12.5. The van der Waals surface area contributed by atoms with Crippen molar-refractivity contribution in [3.8, 4) is 66.8 Å². The topological polar surface area (TPSA) is 3.24 Å². The van der Waals surface area contributed by atoms with E-state index in [4.69, 9.17) is 0 Å². The highest BCUT2D eigenvalue weighted by atomic mass is 15.1. The van der Waals surface area contributed by atoms with Gasteiger partial charge < -0.3 is 4.90 Å². The molecule has 0 saturated heterocycles. The van der Waals surface area contributed by atoms with Gasteiger partial charge in [-0.2, -0.15) is 0 Å². The third kappa shape index (κ3) is 6.51. The molecule has 11 rings (SSSR count). The van der Waals surface area contributed by atoms with Crippen LogP contribution in [-0.2, 0) is 5.41 Å². The Morgan fingerprint density at radius 1 is 0.274 bits per heavy atom. The molecule has 0 saturated carbocycles. The van der Waals surface area contributed by atoms with E-state index in [1.807, 2.05) is 0 Å². The Balaban J connectivity index is 1.04. The molecule has 294 valence electrons. The average molecular weight is 792 g/mol. The van der Waals surface area contributed by atoms with Gasteiger partial charge in [0.25, 0.3) is 0 Å². The van der Waals surface area contributed by atoms with Crippen molar-refractivity contribution in [1.82, 2.24) is 0 Å². The Kier molecular flexibility index (Phi) is 9.24. The van der Waals surface area contributed by atoms with E-state index < -0.39 is 0 Å². The molecular formula is C61H45N. The van der Waals surface area contributed by atoms with Crippen LogP contribution in [0.15, 0.2) is 237 Å². The van der Waals surface area contributed by atoms with Crippen LogP contribution in [0.1, 0.15) is 25.0 Å². The monoisotopic (exact) mass is 791 g/mol. The molecule has 0 aromatic heterocycles. The molecule has 1 nitrogen and oxygen atoms in total. The lowest BCUT2D eigenvalue weighted by Crippen LogP contribution is -2.16. The lowest BCUT2D eigenvalue weighted by Gasteiger charge is -2.28. The summed E-state index contributed by atoms with van der Waals surface area (Å²) in [6.07, 6.45) is 0. The van der Waals surface area contributed by atoms with E-state index in [9.17, 15) is 0 Å². The van der Waals surface area contributed by atoms with Crippen molar-refractivity contribution >= 4 is 27.8 Å². The van der Waals surface area contributed by atoms with Crippen LogP contribution in [0.4, 0.5) is 17.1 Å². The van der Waals surface area contributed by atoms with Gasteiger partial charge in [-0.1, -0.05) is 202 Å². The second kappa shape index (κ2) is 15.4. The molecule has 0 unspecified atom stereocenters. The number of hydrogen-bond donors (Lipinski definition) is 0. The molecular weight excluding hydrogens is 747 g/mol. The first kappa shape index (κ1) is 37.3. The van der Waals surface area contributed by atoms with Crippen molar-refractivity contribution in [1.29, 1.82) is 0 Å². The molecule has 0 aliphatic heterocycles. The second-order valence-electron chi connectivity index (χ2n) is 16.9.